The molecule has 7 heteroatoms. The maximum absolute atomic E-state index is 12.4. The van der Waals surface area contributed by atoms with E-state index in [-0.39, 0.29) is 11.7 Å². The molecule has 1 aromatic heterocycles. The van der Waals surface area contributed by atoms with Crippen LogP contribution in [0.2, 0.25) is 0 Å². The molecule has 0 unspecified atom stereocenters. The van der Waals surface area contributed by atoms with Crippen molar-refractivity contribution in [2.24, 2.45) is 0 Å². The molecule has 0 aliphatic heterocycles. The number of hydrogen-bond acceptors (Lipinski definition) is 5. The Kier molecular flexibility index (Phi) is 5.91. The van der Waals surface area contributed by atoms with Crippen molar-refractivity contribution in [3.8, 4) is 11.4 Å². The summed E-state index contributed by atoms with van der Waals surface area (Å²) in [5, 5.41) is 11.9. The van der Waals surface area contributed by atoms with Gasteiger partial charge in [0.1, 0.15) is 11.6 Å². The summed E-state index contributed by atoms with van der Waals surface area (Å²) in [4.78, 5) is 12.4. The number of carbonyl (C=O) groups excluding carboxylic acids is 1. The quantitative estimate of drug-likeness (QED) is 0.644. The van der Waals surface area contributed by atoms with E-state index in [0.29, 0.717) is 23.2 Å². The van der Waals surface area contributed by atoms with Crippen LogP contribution in [0.1, 0.15) is 12.7 Å². The Morgan fingerprint density at radius 1 is 1.12 bits per heavy atom. The number of aryl methyl sites for hydroxylation is 1. The average molecular weight is 368 g/mol. The smallest absolute Gasteiger partial charge is 0.234 e. The fourth-order valence-corrected chi connectivity index (χ4v) is 3.28. The zero-order valence-corrected chi connectivity index (χ0v) is 15.5. The number of hydrogen-bond donors (Lipinski definition) is 1. The van der Waals surface area contributed by atoms with Crippen LogP contribution in [-0.4, -0.2) is 33.0 Å². The molecular formula is C19H20N4O2S. The minimum atomic E-state index is -0.123. The highest BCUT2D eigenvalue weighted by Gasteiger charge is 2.14. The molecular weight excluding hydrogens is 348 g/mol. The first kappa shape index (κ1) is 18.0. The van der Waals surface area contributed by atoms with Crippen molar-refractivity contribution in [3.63, 3.8) is 0 Å². The number of nitrogens with zero attached hydrogens (tertiary/aromatic N) is 3. The number of ether oxygens (including phenoxy) is 1. The van der Waals surface area contributed by atoms with Gasteiger partial charge in [-0.2, -0.15) is 0 Å². The van der Waals surface area contributed by atoms with Crippen molar-refractivity contribution in [1.82, 2.24) is 14.8 Å². The number of anilines is 1. The standard InChI is InChI=1S/C19H20N4O2S/c1-3-25-17-12-8-7-11-16(17)20-18(24)13-26-19-22-21-14(2)23(19)15-9-5-4-6-10-15/h4-12H,3,13H2,1-2H3,(H,20,24). The average Bonchev–Trinajstić information content (AvgIpc) is 3.03. The molecule has 3 rings (SSSR count). The van der Waals surface area contributed by atoms with Gasteiger partial charge in [-0.1, -0.05) is 42.1 Å². The number of carbonyl (C=O) groups is 1. The molecule has 1 amide bonds. The van der Waals surface area contributed by atoms with Crippen LogP contribution in [0.25, 0.3) is 5.69 Å². The van der Waals surface area contributed by atoms with E-state index in [0.717, 1.165) is 11.5 Å². The van der Waals surface area contributed by atoms with E-state index in [1.807, 2.05) is 73.0 Å². The molecule has 0 aliphatic rings. The van der Waals surface area contributed by atoms with Gasteiger partial charge >= 0.3 is 0 Å². The Morgan fingerprint density at radius 3 is 2.62 bits per heavy atom. The van der Waals surface area contributed by atoms with E-state index in [1.165, 1.54) is 11.8 Å². The summed E-state index contributed by atoms with van der Waals surface area (Å²) in [6, 6.07) is 17.2. The summed E-state index contributed by atoms with van der Waals surface area (Å²) in [6.07, 6.45) is 0. The molecule has 26 heavy (non-hydrogen) atoms. The molecule has 134 valence electrons. The molecule has 3 aromatic rings. The normalized spacial score (nSPS) is 10.5. The van der Waals surface area contributed by atoms with Crippen molar-refractivity contribution in [2.45, 2.75) is 19.0 Å². The van der Waals surface area contributed by atoms with Gasteiger partial charge in [-0.05, 0) is 38.1 Å². The topological polar surface area (TPSA) is 69.0 Å². The summed E-state index contributed by atoms with van der Waals surface area (Å²) < 4.78 is 7.47. The minimum Gasteiger partial charge on any atom is -0.492 e. The number of benzene rings is 2. The molecule has 0 fully saturated rings. The molecule has 6 nitrogen and oxygen atoms in total. The van der Waals surface area contributed by atoms with Crippen molar-refractivity contribution in [3.05, 3.63) is 60.4 Å². The minimum absolute atomic E-state index is 0.123. The number of nitrogens with one attached hydrogen (secondary N) is 1. The monoisotopic (exact) mass is 368 g/mol. The van der Waals surface area contributed by atoms with Crippen LogP contribution < -0.4 is 10.1 Å². The van der Waals surface area contributed by atoms with Crippen molar-refractivity contribution in [2.75, 3.05) is 17.7 Å². The van der Waals surface area contributed by atoms with Gasteiger partial charge in [0.2, 0.25) is 5.91 Å². The van der Waals surface area contributed by atoms with Gasteiger partial charge in [0, 0.05) is 5.69 Å². The SMILES string of the molecule is CCOc1ccccc1NC(=O)CSc1nnc(C)n1-c1ccccc1. The van der Waals surface area contributed by atoms with Gasteiger partial charge in [-0.25, -0.2) is 0 Å². The Bertz CT molecular complexity index is 880. The van der Waals surface area contributed by atoms with Gasteiger partial charge in [0.05, 0.1) is 18.0 Å². The highest BCUT2D eigenvalue weighted by Crippen LogP contribution is 2.25. The third-order valence-electron chi connectivity index (χ3n) is 3.60. The van der Waals surface area contributed by atoms with E-state index in [9.17, 15) is 4.79 Å². The molecule has 0 spiro atoms. The van der Waals surface area contributed by atoms with Crippen LogP contribution in [0.15, 0.2) is 59.8 Å². The number of aromatic nitrogens is 3. The van der Waals surface area contributed by atoms with Crippen LogP contribution in [0, 0.1) is 6.92 Å². The van der Waals surface area contributed by atoms with E-state index >= 15 is 0 Å². The Morgan fingerprint density at radius 2 is 1.85 bits per heavy atom. The number of rotatable bonds is 7. The highest BCUT2D eigenvalue weighted by molar-refractivity contribution is 7.99. The lowest BCUT2D eigenvalue weighted by molar-refractivity contribution is -0.113. The second kappa shape index (κ2) is 8.53. The zero-order valence-electron chi connectivity index (χ0n) is 14.7. The Balaban J connectivity index is 1.68. The van der Waals surface area contributed by atoms with E-state index in [4.69, 9.17) is 4.74 Å². The van der Waals surface area contributed by atoms with Crippen LogP contribution in [0.4, 0.5) is 5.69 Å². The molecule has 0 aliphatic carbocycles. The predicted octanol–water partition coefficient (Wildman–Crippen LogP) is 3.71. The van der Waals surface area contributed by atoms with Gasteiger partial charge in [0.15, 0.2) is 5.16 Å². The summed E-state index contributed by atoms with van der Waals surface area (Å²) in [5.41, 5.74) is 1.64. The maximum Gasteiger partial charge on any atom is 0.234 e. The van der Waals surface area contributed by atoms with Crippen molar-refractivity contribution in [1.29, 1.82) is 0 Å². The third kappa shape index (κ3) is 4.23. The zero-order chi connectivity index (χ0) is 18.4. The maximum atomic E-state index is 12.4. The highest BCUT2D eigenvalue weighted by atomic mass is 32.2. The first-order valence-corrected chi connectivity index (χ1v) is 9.29. The molecule has 0 saturated carbocycles. The molecule has 0 saturated heterocycles. The van der Waals surface area contributed by atoms with Gasteiger partial charge < -0.3 is 10.1 Å². The summed E-state index contributed by atoms with van der Waals surface area (Å²) >= 11 is 1.35. The molecule has 1 heterocycles. The van der Waals surface area contributed by atoms with Crippen LogP contribution in [0.3, 0.4) is 0 Å². The Labute approximate surface area is 156 Å². The molecule has 1 N–H and O–H groups in total. The van der Waals surface area contributed by atoms with Crippen LogP contribution in [0.5, 0.6) is 5.75 Å². The number of amides is 1. The summed E-state index contributed by atoms with van der Waals surface area (Å²) in [5.74, 6) is 1.55. The molecule has 0 bridgehead atoms. The third-order valence-corrected chi connectivity index (χ3v) is 4.53. The van der Waals surface area contributed by atoms with Crippen LogP contribution >= 0.6 is 11.8 Å². The molecule has 0 atom stereocenters. The second-order valence-electron chi connectivity index (χ2n) is 5.47. The van der Waals surface area contributed by atoms with Gasteiger partial charge in [-0.15, -0.1) is 10.2 Å². The largest absolute Gasteiger partial charge is 0.492 e. The summed E-state index contributed by atoms with van der Waals surface area (Å²) in [7, 11) is 0. The first-order valence-electron chi connectivity index (χ1n) is 8.31. The molecule has 2 aromatic carbocycles. The lowest BCUT2D eigenvalue weighted by atomic mass is 10.3. The van der Waals surface area contributed by atoms with E-state index in [1.54, 1.807) is 0 Å². The lowest BCUT2D eigenvalue weighted by Crippen LogP contribution is -2.15. The second-order valence-corrected chi connectivity index (χ2v) is 6.41. The fraction of sp³-hybridized carbons (Fsp3) is 0.211. The lowest BCUT2D eigenvalue weighted by Gasteiger charge is -2.11. The first-order chi connectivity index (χ1) is 12.7. The van der Waals surface area contributed by atoms with Gasteiger partial charge in [0.25, 0.3) is 0 Å². The fourth-order valence-electron chi connectivity index (χ4n) is 2.48. The number of para-hydroxylation sites is 3. The Hall–Kier alpha value is -2.80. The molecule has 0 radical (unpaired) electrons. The van der Waals surface area contributed by atoms with Crippen molar-refractivity contribution >= 4 is 23.4 Å². The summed E-state index contributed by atoms with van der Waals surface area (Å²) in [6.45, 7) is 4.34. The van der Waals surface area contributed by atoms with Gasteiger partial charge in [-0.3, -0.25) is 9.36 Å². The van der Waals surface area contributed by atoms with E-state index < -0.39 is 0 Å². The van der Waals surface area contributed by atoms with Crippen molar-refractivity contribution < 1.29 is 9.53 Å². The number of thioether (sulfide) groups is 1. The van der Waals surface area contributed by atoms with Crippen LogP contribution in [-0.2, 0) is 4.79 Å². The van der Waals surface area contributed by atoms with E-state index in [2.05, 4.69) is 15.5 Å². The predicted molar refractivity (Wildman–Crippen MR) is 103 cm³/mol.